The minimum Gasteiger partial charge on any atom is -0.452 e. The number of nitrogen functional groups attached to an aromatic ring is 1. The molecule has 3 N–H and O–H groups in total. The van der Waals surface area contributed by atoms with E-state index in [2.05, 4.69) is 4.98 Å². The molecule has 6 heteroatoms. The molecule has 1 heterocycles. The fraction of sp³-hybridized carbons (Fsp3) is 0. The zero-order chi connectivity index (χ0) is 13.1. The van der Waals surface area contributed by atoms with Gasteiger partial charge in [0.15, 0.2) is 17.3 Å². The first kappa shape index (κ1) is 12.0. The fourth-order valence-electron chi connectivity index (χ4n) is 1.36. The van der Waals surface area contributed by atoms with Gasteiger partial charge in [0.25, 0.3) is 0 Å². The number of rotatable bonds is 3. The summed E-state index contributed by atoms with van der Waals surface area (Å²) >= 11 is 0. The van der Waals surface area contributed by atoms with Gasteiger partial charge in [-0.1, -0.05) is 0 Å². The maximum atomic E-state index is 13.4. The first-order valence-corrected chi connectivity index (χ1v) is 4.99. The van der Waals surface area contributed by atoms with Crippen molar-refractivity contribution in [1.82, 2.24) is 4.98 Å². The minimum atomic E-state index is -0.713. The van der Waals surface area contributed by atoms with E-state index in [9.17, 15) is 8.78 Å². The Morgan fingerprint density at radius 2 is 2.00 bits per heavy atom. The summed E-state index contributed by atoms with van der Waals surface area (Å²) in [7, 11) is 0. The molecule has 4 nitrogen and oxygen atoms in total. The second-order valence-electron chi connectivity index (χ2n) is 3.46. The summed E-state index contributed by atoms with van der Waals surface area (Å²) in [5.74, 6) is -1.78. The summed E-state index contributed by atoms with van der Waals surface area (Å²) in [5.41, 5.74) is 5.60. The number of aromatic nitrogens is 1. The number of hydrogen-bond donors (Lipinski definition) is 2. The lowest BCUT2D eigenvalue weighted by Crippen LogP contribution is -2.12. The van der Waals surface area contributed by atoms with Gasteiger partial charge in [0.2, 0.25) is 0 Å². The summed E-state index contributed by atoms with van der Waals surface area (Å²) in [5, 5.41) is 7.34. The van der Waals surface area contributed by atoms with Gasteiger partial charge in [-0.3, -0.25) is 10.4 Å². The van der Waals surface area contributed by atoms with Crippen molar-refractivity contribution in [1.29, 1.82) is 5.41 Å². The molecule has 0 unspecified atom stereocenters. The van der Waals surface area contributed by atoms with E-state index < -0.39 is 11.6 Å². The third-order valence-electron chi connectivity index (χ3n) is 2.19. The summed E-state index contributed by atoms with van der Waals surface area (Å²) in [6.45, 7) is 0. The second-order valence-corrected chi connectivity index (χ2v) is 3.46. The predicted molar refractivity (Wildman–Crippen MR) is 61.7 cm³/mol. The van der Waals surface area contributed by atoms with Gasteiger partial charge in [0, 0.05) is 12.3 Å². The molecule has 0 bridgehead atoms. The van der Waals surface area contributed by atoms with Gasteiger partial charge in [-0.15, -0.1) is 0 Å². The molecule has 0 aliphatic carbocycles. The van der Waals surface area contributed by atoms with Crippen molar-refractivity contribution in [3.8, 4) is 11.5 Å². The van der Waals surface area contributed by atoms with Gasteiger partial charge in [-0.25, -0.2) is 8.78 Å². The summed E-state index contributed by atoms with van der Waals surface area (Å²) < 4.78 is 31.6. The highest BCUT2D eigenvalue weighted by Gasteiger charge is 2.11. The Bertz CT molecular complexity index is 602. The molecule has 2 aromatic rings. The molecule has 0 radical (unpaired) electrons. The number of pyridine rings is 1. The lowest BCUT2D eigenvalue weighted by atomic mass is 10.2. The summed E-state index contributed by atoms with van der Waals surface area (Å²) in [6, 6.07) is 4.30. The zero-order valence-electron chi connectivity index (χ0n) is 9.15. The van der Waals surface area contributed by atoms with Crippen LogP contribution in [0.15, 0.2) is 36.7 Å². The number of hydrogen-bond acceptors (Lipinski definition) is 3. The van der Waals surface area contributed by atoms with Crippen molar-refractivity contribution in [2.45, 2.75) is 0 Å². The van der Waals surface area contributed by atoms with Gasteiger partial charge >= 0.3 is 0 Å². The third-order valence-corrected chi connectivity index (χ3v) is 2.19. The van der Waals surface area contributed by atoms with Crippen molar-refractivity contribution < 1.29 is 13.5 Å². The van der Waals surface area contributed by atoms with E-state index in [1.165, 1.54) is 18.5 Å². The lowest BCUT2D eigenvalue weighted by Gasteiger charge is -2.10. The molecule has 92 valence electrons. The second kappa shape index (κ2) is 4.79. The van der Waals surface area contributed by atoms with Crippen molar-refractivity contribution in [2.75, 3.05) is 0 Å². The standard InChI is InChI=1S/C12H9F2N3O/c13-7-1-2-9(14)10(5-7)18-11-6-17-4-3-8(11)12(15)16/h1-6H,(H3,15,16). The van der Waals surface area contributed by atoms with Crippen LogP contribution in [-0.4, -0.2) is 10.8 Å². The first-order chi connectivity index (χ1) is 8.58. The molecule has 18 heavy (non-hydrogen) atoms. The van der Waals surface area contributed by atoms with E-state index in [0.717, 1.165) is 18.2 Å². The summed E-state index contributed by atoms with van der Waals surface area (Å²) in [6.07, 6.45) is 2.70. The lowest BCUT2D eigenvalue weighted by molar-refractivity contribution is 0.434. The Morgan fingerprint density at radius 3 is 2.72 bits per heavy atom. The van der Waals surface area contributed by atoms with Crippen LogP contribution in [0.1, 0.15) is 5.56 Å². The molecule has 1 aromatic heterocycles. The highest BCUT2D eigenvalue weighted by molar-refractivity contribution is 5.97. The van der Waals surface area contributed by atoms with Crippen LogP contribution < -0.4 is 10.5 Å². The minimum absolute atomic E-state index is 0.0921. The Kier molecular flexibility index (Phi) is 3.18. The highest BCUT2D eigenvalue weighted by Crippen LogP contribution is 2.27. The number of benzene rings is 1. The van der Waals surface area contributed by atoms with Crippen molar-refractivity contribution in [3.05, 3.63) is 53.9 Å². The smallest absolute Gasteiger partial charge is 0.166 e. The molecule has 0 amide bonds. The maximum absolute atomic E-state index is 13.4. The van der Waals surface area contributed by atoms with Crippen molar-refractivity contribution in [2.24, 2.45) is 5.73 Å². The molecule has 0 fully saturated rings. The maximum Gasteiger partial charge on any atom is 0.166 e. The quantitative estimate of drug-likeness (QED) is 0.648. The van der Waals surface area contributed by atoms with Gasteiger partial charge < -0.3 is 10.5 Å². The molecule has 0 aliphatic rings. The van der Waals surface area contributed by atoms with Crippen LogP contribution in [0.3, 0.4) is 0 Å². The normalized spacial score (nSPS) is 10.1. The van der Waals surface area contributed by atoms with Gasteiger partial charge in [0.1, 0.15) is 11.7 Å². The molecule has 2 rings (SSSR count). The molecular formula is C12H9F2N3O. The Labute approximate surface area is 102 Å². The molecule has 1 aromatic carbocycles. The largest absolute Gasteiger partial charge is 0.452 e. The van der Waals surface area contributed by atoms with Gasteiger partial charge in [0.05, 0.1) is 11.8 Å². The first-order valence-electron chi connectivity index (χ1n) is 4.99. The van der Waals surface area contributed by atoms with E-state index >= 15 is 0 Å². The van der Waals surface area contributed by atoms with E-state index in [1.807, 2.05) is 0 Å². The molecular weight excluding hydrogens is 240 g/mol. The fourth-order valence-corrected chi connectivity index (χ4v) is 1.36. The van der Waals surface area contributed by atoms with Crippen LogP contribution in [0.5, 0.6) is 11.5 Å². The molecule has 0 saturated heterocycles. The molecule has 0 saturated carbocycles. The molecule has 0 atom stereocenters. The third kappa shape index (κ3) is 2.42. The topological polar surface area (TPSA) is 72.0 Å². The Morgan fingerprint density at radius 1 is 1.22 bits per heavy atom. The monoisotopic (exact) mass is 249 g/mol. The van der Waals surface area contributed by atoms with E-state index in [4.69, 9.17) is 15.9 Å². The highest BCUT2D eigenvalue weighted by atomic mass is 19.1. The van der Waals surface area contributed by atoms with Crippen LogP contribution in [0.25, 0.3) is 0 Å². The number of ether oxygens (including phenoxy) is 1. The van der Waals surface area contributed by atoms with E-state index in [1.54, 1.807) is 0 Å². The molecule has 0 aliphatic heterocycles. The average molecular weight is 249 g/mol. The predicted octanol–water partition coefficient (Wildman–Crippen LogP) is 2.44. The van der Waals surface area contributed by atoms with Crippen LogP contribution >= 0.6 is 0 Å². The van der Waals surface area contributed by atoms with Crippen LogP contribution in [0.4, 0.5) is 8.78 Å². The van der Waals surface area contributed by atoms with E-state index in [0.29, 0.717) is 0 Å². The molecule has 0 spiro atoms. The van der Waals surface area contributed by atoms with Gasteiger partial charge in [-0.05, 0) is 18.2 Å². The van der Waals surface area contributed by atoms with Crippen LogP contribution in [-0.2, 0) is 0 Å². The number of halogens is 2. The number of nitrogens with one attached hydrogen (secondary N) is 1. The SMILES string of the molecule is N=C(N)c1ccncc1Oc1cc(F)ccc1F. The number of amidine groups is 1. The van der Waals surface area contributed by atoms with Crippen LogP contribution in [0, 0.1) is 17.0 Å². The zero-order valence-corrected chi connectivity index (χ0v) is 9.15. The average Bonchev–Trinajstić information content (AvgIpc) is 2.34. The van der Waals surface area contributed by atoms with Gasteiger partial charge in [-0.2, -0.15) is 0 Å². The van der Waals surface area contributed by atoms with E-state index in [-0.39, 0.29) is 22.9 Å². The van der Waals surface area contributed by atoms with Crippen molar-refractivity contribution in [3.63, 3.8) is 0 Å². The number of nitrogens with two attached hydrogens (primary N) is 1. The Hall–Kier alpha value is -2.50. The Balaban J connectivity index is 2.40. The number of nitrogens with zero attached hydrogens (tertiary/aromatic N) is 1. The van der Waals surface area contributed by atoms with Crippen LogP contribution in [0.2, 0.25) is 0 Å². The summed E-state index contributed by atoms with van der Waals surface area (Å²) in [4.78, 5) is 3.78. The van der Waals surface area contributed by atoms with Crippen molar-refractivity contribution >= 4 is 5.84 Å².